The summed E-state index contributed by atoms with van der Waals surface area (Å²) < 4.78 is 2.90. The van der Waals surface area contributed by atoms with E-state index in [0.29, 0.717) is 11.8 Å². The molecule has 412 valence electrons. The van der Waals surface area contributed by atoms with E-state index in [2.05, 4.69) is 248 Å². The Bertz CT molecular complexity index is 3600. The Hall–Kier alpha value is -5.32. The fourth-order valence-electron chi connectivity index (χ4n) is 14.8. The van der Waals surface area contributed by atoms with Crippen LogP contribution in [0.25, 0.3) is 42.8 Å². The molecule has 0 radical (unpaired) electrons. The van der Waals surface area contributed by atoms with Gasteiger partial charge in [0.2, 0.25) is 0 Å². The normalized spacial score (nSPS) is 21.5. The zero-order valence-corrected chi connectivity index (χ0v) is 52.5. The minimum atomic E-state index is -0.00121. The smallest absolute Gasteiger partial charge is 0.251 e. The van der Waals surface area contributed by atoms with Gasteiger partial charge in [-0.25, -0.2) is 0 Å². The van der Waals surface area contributed by atoms with Crippen molar-refractivity contribution in [2.45, 2.75) is 197 Å². The van der Waals surface area contributed by atoms with E-state index < -0.39 is 0 Å². The molecule has 0 N–H and O–H groups in total. The molecule has 3 unspecified atom stereocenters. The SMILES string of the molecule is C=C(C)CC1C2=CN(c3cc4c(cc3-c3cccc5c3ccc3ccccc35)C(C)(C)CCC4(C)C)C(CC(C(=C)C(C)(C)CC)C(C)C)=CB2c2sc3cc4c(cc3c2N1C1=CCC(C(C)(C)C)C=C1)C(C)(C)CCC4(C)C. The lowest BCUT2D eigenvalue weighted by Crippen LogP contribution is -2.53. The molecule has 6 aromatic rings. The van der Waals surface area contributed by atoms with Crippen molar-refractivity contribution in [1.29, 1.82) is 0 Å². The number of hydrogen-bond acceptors (Lipinski definition) is 3. The average molecular weight is 1070 g/mol. The van der Waals surface area contributed by atoms with Gasteiger partial charge in [0.15, 0.2) is 0 Å². The lowest BCUT2D eigenvalue weighted by atomic mass is 9.38. The maximum atomic E-state index is 5.04. The van der Waals surface area contributed by atoms with Crippen LogP contribution in [0.2, 0.25) is 0 Å². The molecule has 2 aliphatic heterocycles. The van der Waals surface area contributed by atoms with Crippen molar-refractivity contribution in [3.63, 3.8) is 0 Å². The molecule has 0 bridgehead atoms. The van der Waals surface area contributed by atoms with Crippen molar-refractivity contribution in [2.75, 3.05) is 9.80 Å². The van der Waals surface area contributed by atoms with Gasteiger partial charge in [-0.3, -0.25) is 0 Å². The van der Waals surface area contributed by atoms with Crippen LogP contribution in [0.4, 0.5) is 11.4 Å². The van der Waals surface area contributed by atoms with Crippen molar-refractivity contribution in [3.8, 4) is 11.1 Å². The molecule has 0 saturated heterocycles. The van der Waals surface area contributed by atoms with Crippen LogP contribution >= 0.6 is 11.3 Å². The highest BCUT2D eigenvalue weighted by Gasteiger charge is 2.47. The highest BCUT2D eigenvalue weighted by molar-refractivity contribution is 7.31. The number of anilines is 2. The van der Waals surface area contributed by atoms with Gasteiger partial charge in [-0.05, 0) is 188 Å². The molecule has 5 aliphatic rings. The minimum absolute atomic E-state index is 0.00121. The Kier molecular flexibility index (Phi) is 13.7. The van der Waals surface area contributed by atoms with Crippen molar-refractivity contribution >= 4 is 65.8 Å². The van der Waals surface area contributed by atoms with E-state index >= 15 is 0 Å². The minimum Gasteiger partial charge on any atom is -0.334 e. The summed E-state index contributed by atoms with van der Waals surface area (Å²) in [5, 5.41) is 6.62. The average Bonchev–Trinajstić information content (AvgIpc) is 3.66. The van der Waals surface area contributed by atoms with Crippen molar-refractivity contribution in [3.05, 3.63) is 173 Å². The fourth-order valence-corrected chi connectivity index (χ4v) is 16.1. The summed E-state index contributed by atoms with van der Waals surface area (Å²) in [7, 11) is 0. The fraction of sp³-hybridized carbons (Fsp3) is 0.467. The van der Waals surface area contributed by atoms with Crippen LogP contribution in [0.1, 0.15) is 191 Å². The van der Waals surface area contributed by atoms with Crippen LogP contribution < -0.4 is 14.6 Å². The van der Waals surface area contributed by atoms with Crippen LogP contribution in [0, 0.1) is 28.6 Å². The molecule has 3 atom stereocenters. The Labute approximate surface area is 482 Å². The lowest BCUT2D eigenvalue weighted by molar-refractivity contribution is 0.293. The number of hydrogen-bond donors (Lipinski definition) is 0. The van der Waals surface area contributed by atoms with Gasteiger partial charge in [-0.2, -0.15) is 0 Å². The monoisotopic (exact) mass is 1060 g/mol. The molecule has 0 saturated carbocycles. The molecule has 5 aromatic carbocycles. The predicted molar refractivity (Wildman–Crippen MR) is 350 cm³/mol. The molecule has 79 heavy (non-hydrogen) atoms. The zero-order chi connectivity index (χ0) is 56.7. The van der Waals surface area contributed by atoms with Gasteiger partial charge in [-0.15, -0.1) is 17.9 Å². The van der Waals surface area contributed by atoms with Gasteiger partial charge < -0.3 is 9.80 Å². The third-order valence-corrected chi connectivity index (χ3v) is 22.2. The molecule has 11 rings (SSSR count). The molecule has 0 spiro atoms. The highest BCUT2D eigenvalue weighted by Crippen LogP contribution is 2.55. The molecule has 3 heterocycles. The standard InChI is InChI=1S/C75H93BN2S/c1-20-71(10,11)48(6)57(47(4)5)39-52-44-76-64(45-77(52)65-42-62-60(72(12,13)34-36-74(62,16)17)40-58(65)55-27-23-26-54-53-25-22-21-24-49(53)28-33-56(54)55)66(38-46(2)3)78(51-31-29-50(30-32-51)70(7,8)9)68-59-41-61-63(43-67(59)79-69(68)76)75(18,19)37-35-73(61,14)15/h21-29,31-33,40-45,47,50,57,66H,2,6,20,30,34-39H2,1,3-5,7-19H3. The second-order valence-electron chi connectivity index (χ2n) is 30.0. The summed E-state index contributed by atoms with van der Waals surface area (Å²) in [6.45, 7) is 51.4. The summed E-state index contributed by atoms with van der Waals surface area (Å²) in [4.78, 5) is 5.57. The summed E-state index contributed by atoms with van der Waals surface area (Å²) in [5.74, 6) is 3.93. The second-order valence-corrected chi connectivity index (χ2v) is 31.1. The first-order chi connectivity index (χ1) is 37.0. The maximum Gasteiger partial charge on any atom is 0.251 e. The quantitative estimate of drug-likeness (QED) is 0.0725. The van der Waals surface area contributed by atoms with Gasteiger partial charge in [0.05, 0.1) is 17.4 Å². The molecular formula is C75H93BN2S. The Morgan fingerprint density at radius 1 is 0.722 bits per heavy atom. The van der Waals surface area contributed by atoms with Crippen LogP contribution in [0.5, 0.6) is 0 Å². The Balaban J connectivity index is 1.24. The number of thiophene rings is 1. The molecule has 2 nitrogen and oxygen atoms in total. The van der Waals surface area contributed by atoms with Crippen molar-refractivity contribution in [2.24, 2.45) is 28.6 Å². The molecule has 3 aliphatic carbocycles. The zero-order valence-electron chi connectivity index (χ0n) is 51.7. The Morgan fingerprint density at radius 2 is 1.34 bits per heavy atom. The van der Waals surface area contributed by atoms with Crippen molar-refractivity contribution in [1.82, 2.24) is 0 Å². The van der Waals surface area contributed by atoms with E-state index in [-0.39, 0.29) is 51.2 Å². The number of benzene rings is 5. The van der Waals surface area contributed by atoms with Crippen LogP contribution in [0.3, 0.4) is 0 Å². The van der Waals surface area contributed by atoms with Gasteiger partial charge >= 0.3 is 0 Å². The van der Waals surface area contributed by atoms with Gasteiger partial charge in [0.25, 0.3) is 6.71 Å². The number of nitrogens with zero attached hydrogens (tertiary/aromatic N) is 2. The molecular weight excluding hydrogens is 972 g/mol. The van der Waals surface area contributed by atoms with E-state index in [0.717, 1.165) is 38.5 Å². The topological polar surface area (TPSA) is 6.48 Å². The van der Waals surface area contributed by atoms with Crippen LogP contribution in [-0.4, -0.2) is 12.8 Å². The Morgan fingerprint density at radius 3 is 1.95 bits per heavy atom. The van der Waals surface area contributed by atoms with E-state index in [9.17, 15) is 0 Å². The van der Waals surface area contributed by atoms with Crippen LogP contribution in [-0.2, 0) is 21.7 Å². The third kappa shape index (κ3) is 9.48. The number of rotatable bonds is 11. The third-order valence-electron chi connectivity index (χ3n) is 20.9. The first-order valence-corrected chi connectivity index (χ1v) is 31.3. The van der Waals surface area contributed by atoms with Gasteiger partial charge in [-0.1, -0.05) is 207 Å². The maximum absolute atomic E-state index is 5.04. The molecule has 0 fully saturated rings. The van der Waals surface area contributed by atoms with Crippen LogP contribution in [0.15, 0.2) is 150 Å². The molecule has 0 amide bonds. The van der Waals surface area contributed by atoms with Gasteiger partial charge in [0.1, 0.15) is 0 Å². The summed E-state index contributed by atoms with van der Waals surface area (Å²) >= 11 is 2.07. The second kappa shape index (κ2) is 19.4. The summed E-state index contributed by atoms with van der Waals surface area (Å²) in [6, 6.07) is 31.5. The lowest BCUT2D eigenvalue weighted by Gasteiger charge is -2.47. The predicted octanol–water partition coefficient (Wildman–Crippen LogP) is 21.0. The highest BCUT2D eigenvalue weighted by atomic mass is 32.1. The van der Waals surface area contributed by atoms with Gasteiger partial charge in [0, 0.05) is 38.0 Å². The molecule has 4 heteroatoms. The largest absolute Gasteiger partial charge is 0.334 e. The first kappa shape index (κ1) is 55.6. The van der Waals surface area contributed by atoms with E-state index in [1.165, 1.54) is 122 Å². The van der Waals surface area contributed by atoms with Crippen molar-refractivity contribution < 1.29 is 0 Å². The van der Waals surface area contributed by atoms with E-state index in [1.807, 2.05) is 0 Å². The van der Waals surface area contributed by atoms with E-state index in [1.54, 1.807) is 0 Å². The van der Waals surface area contributed by atoms with E-state index in [4.69, 9.17) is 13.2 Å². The number of allylic oxidation sites excluding steroid dienone is 5. The summed E-state index contributed by atoms with van der Waals surface area (Å²) in [6.07, 6.45) is 18.9. The summed E-state index contributed by atoms with van der Waals surface area (Å²) in [5.41, 5.74) is 18.5. The molecule has 1 aromatic heterocycles. The number of fused-ring (bicyclic) bond motifs is 10. The first-order valence-electron chi connectivity index (χ1n) is 30.5.